The zero-order valence-electron chi connectivity index (χ0n) is 12.3. The van der Waals surface area contributed by atoms with Crippen molar-refractivity contribution in [3.8, 4) is 0 Å². The maximum absolute atomic E-state index is 11.1. The minimum absolute atomic E-state index is 0.114. The predicted octanol–water partition coefficient (Wildman–Crippen LogP) is 2.44. The second-order valence-corrected chi connectivity index (χ2v) is 5.92. The van der Waals surface area contributed by atoms with Gasteiger partial charge in [0.05, 0.1) is 4.92 Å². The van der Waals surface area contributed by atoms with E-state index < -0.39 is 0 Å². The number of aromatic nitrogens is 1. The third-order valence-corrected chi connectivity index (χ3v) is 4.67. The molecule has 21 heavy (non-hydrogen) atoms. The molecule has 2 aliphatic rings. The van der Waals surface area contributed by atoms with Crippen LogP contribution in [0.4, 0.5) is 11.5 Å². The standard InChI is InChI=1S/C15H22N4O2/c20-19(21)14-7-4-8-16-15(14)18-11-9-17(10-12-18)13-5-2-1-3-6-13/h4,7-8,13H,1-3,5-6,9-12H2. The highest BCUT2D eigenvalue weighted by Crippen LogP contribution is 2.28. The van der Waals surface area contributed by atoms with Crippen LogP contribution in [-0.4, -0.2) is 47.0 Å². The molecular weight excluding hydrogens is 268 g/mol. The second-order valence-electron chi connectivity index (χ2n) is 5.92. The molecule has 1 aliphatic carbocycles. The average molecular weight is 290 g/mol. The van der Waals surface area contributed by atoms with Crippen LogP contribution in [0.25, 0.3) is 0 Å². The van der Waals surface area contributed by atoms with Gasteiger partial charge in [-0.15, -0.1) is 0 Å². The largest absolute Gasteiger partial charge is 0.348 e. The van der Waals surface area contributed by atoms with Gasteiger partial charge in [0.1, 0.15) is 0 Å². The Balaban J connectivity index is 1.64. The Morgan fingerprint density at radius 1 is 1.14 bits per heavy atom. The van der Waals surface area contributed by atoms with E-state index in [2.05, 4.69) is 14.8 Å². The number of hydrogen-bond acceptors (Lipinski definition) is 5. The molecule has 3 rings (SSSR count). The lowest BCUT2D eigenvalue weighted by molar-refractivity contribution is -0.384. The van der Waals surface area contributed by atoms with Crippen LogP contribution in [0.3, 0.4) is 0 Å². The first-order valence-electron chi connectivity index (χ1n) is 7.84. The quantitative estimate of drug-likeness (QED) is 0.632. The third-order valence-electron chi connectivity index (χ3n) is 4.67. The van der Waals surface area contributed by atoms with Crippen molar-refractivity contribution in [1.29, 1.82) is 0 Å². The Hall–Kier alpha value is -1.69. The molecule has 6 nitrogen and oxygen atoms in total. The van der Waals surface area contributed by atoms with Gasteiger partial charge in [0.2, 0.25) is 5.82 Å². The van der Waals surface area contributed by atoms with Crippen molar-refractivity contribution in [1.82, 2.24) is 9.88 Å². The van der Waals surface area contributed by atoms with Crippen molar-refractivity contribution in [3.63, 3.8) is 0 Å². The molecular formula is C15H22N4O2. The van der Waals surface area contributed by atoms with Gasteiger partial charge in [-0.25, -0.2) is 4.98 Å². The minimum atomic E-state index is -0.337. The molecule has 0 radical (unpaired) electrons. The monoisotopic (exact) mass is 290 g/mol. The van der Waals surface area contributed by atoms with E-state index in [0.717, 1.165) is 32.2 Å². The molecule has 0 bridgehead atoms. The van der Waals surface area contributed by atoms with E-state index in [1.807, 2.05) is 0 Å². The van der Waals surface area contributed by atoms with E-state index in [0.29, 0.717) is 5.82 Å². The Labute approximate surface area is 124 Å². The Morgan fingerprint density at radius 3 is 2.52 bits per heavy atom. The van der Waals surface area contributed by atoms with Crippen LogP contribution >= 0.6 is 0 Å². The summed E-state index contributed by atoms with van der Waals surface area (Å²) in [6.07, 6.45) is 8.31. The number of nitro groups is 1. The lowest BCUT2D eigenvalue weighted by Crippen LogP contribution is -2.51. The van der Waals surface area contributed by atoms with E-state index in [1.165, 1.54) is 38.2 Å². The van der Waals surface area contributed by atoms with Crippen molar-refractivity contribution < 1.29 is 4.92 Å². The van der Waals surface area contributed by atoms with Crippen LogP contribution in [0.5, 0.6) is 0 Å². The lowest BCUT2D eigenvalue weighted by Gasteiger charge is -2.40. The SMILES string of the molecule is O=[N+]([O-])c1cccnc1N1CCN(C2CCCCC2)CC1. The van der Waals surface area contributed by atoms with E-state index in [-0.39, 0.29) is 10.6 Å². The molecule has 6 heteroatoms. The van der Waals surface area contributed by atoms with Crippen LogP contribution in [0.15, 0.2) is 18.3 Å². The van der Waals surface area contributed by atoms with Crippen molar-refractivity contribution in [2.45, 2.75) is 38.1 Å². The maximum atomic E-state index is 11.1. The number of piperazine rings is 1. The molecule has 0 spiro atoms. The Kier molecular flexibility index (Phi) is 4.34. The van der Waals surface area contributed by atoms with Gasteiger partial charge < -0.3 is 4.90 Å². The fourth-order valence-corrected chi connectivity index (χ4v) is 3.52. The Morgan fingerprint density at radius 2 is 1.86 bits per heavy atom. The predicted molar refractivity (Wildman–Crippen MR) is 81.6 cm³/mol. The van der Waals surface area contributed by atoms with Crippen LogP contribution in [0.2, 0.25) is 0 Å². The normalized spacial score (nSPS) is 21.4. The van der Waals surface area contributed by atoms with Crippen molar-refractivity contribution in [3.05, 3.63) is 28.4 Å². The van der Waals surface area contributed by atoms with Gasteiger partial charge in [-0.3, -0.25) is 15.0 Å². The fraction of sp³-hybridized carbons (Fsp3) is 0.667. The summed E-state index contributed by atoms with van der Waals surface area (Å²) in [5, 5.41) is 11.1. The first-order valence-corrected chi connectivity index (χ1v) is 7.84. The molecule has 114 valence electrons. The van der Waals surface area contributed by atoms with Gasteiger partial charge in [-0.05, 0) is 18.9 Å². The number of rotatable bonds is 3. The smallest absolute Gasteiger partial charge is 0.311 e. The van der Waals surface area contributed by atoms with Gasteiger partial charge in [0.15, 0.2) is 0 Å². The highest BCUT2D eigenvalue weighted by molar-refractivity contribution is 5.57. The van der Waals surface area contributed by atoms with Gasteiger partial charge in [-0.2, -0.15) is 0 Å². The summed E-state index contributed by atoms with van der Waals surface area (Å²) in [5.74, 6) is 0.519. The topological polar surface area (TPSA) is 62.5 Å². The summed E-state index contributed by atoms with van der Waals surface area (Å²) in [4.78, 5) is 19.6. The lowest BCUT2D eigenvalue weighted by atomic mass is 9.94. The summed E-state index contributed by atoms with van der Waals surface area (Å²) in [6, 6.07) is 3.88. The molecule has 1 saturated carbocycles. The number of anilines is 1. The summed E-state index contributed by atoms with van der Waals surface area (Å²) in [6.45, 7) is 3.62. The molecule has 2 fully saturated rings. The maximum Gasteiger partial charge on any atom is 0.311 e. The summed E-state index contributed by atoms with van der Waals surface area (Å²) in [5.41, 5.74) is 0.114. The van der Waals surface area contributed by atoms with Crippen LogP contribution in [-0.2, 0) is 0 Å². The molecule has 0 atom stereocenters. The van der Waals surface area contributed by atoms with E-state index in [1.54, 1.807) is 12.3 Å². The first kappa shape index (κ1) is 14.3. The van der Waals surface area contributed by atoms with Crippen LogP contribution in [0, 0.1) is 10.1 Å². The van der Waals surface area contributed by atoms with E-state index in [4.69, 9.17) is 0 Å². The van der Waals surface area contributed by atoms with Crippen LogP contribution in [0.1, 0.15) is 32.1 Å². The zero-order chi connectivity index (χ0) is 14.7. The third kappa shape index (κ3) is 3.15. The van der Waals surface area contributed by atoms with Gasteiger partial charge in [0.25, 0.3) is 0 Å². The zero-order valence-corrected chi connectivity index (χ0v) is 12.3. The molecule has 2 heterocycles. The highest BCUT2D eigenvalue weighted by atomic mass is 16.6. The van der Waals surface area contributed by atoms with Gasteiger partial charge >= 0.3 is 5.69 Å². The fourth-order valence-electron chi connectivity index (χ4n) is 3.52. The van der Waals surface area contributed by atoms with E-state index in [9.17, 15) is 10.1 Å². The van der Waals surface area contributed by atoms with E-state index >= 15 is 0 Å². The molecule has 1 aromatic rings. The van der Waals surface area contributed by atoms with Crippen LogP contribution < -0.4 is 4.90 Å². The second kappa shape index (κ2) is 6.39. The van der Waals surface area contributed by atoms with Crippen molar-refractivity contribution >= 4 is 11.5 Å². The molecule has 0 aromatic carbocycles. The van der Waals surface area contributed by atoms with Gasteiger partial charge in [0, 0.05) is 44.5 Å². The molecule has 0 N–H and O–H groups in total. The number of hydrogen-bond donors (Lipinski definition) is 0. The molecule has 1 saturated heterocycles. The summed E-state index contributed by atoms with van der Waals surface area (Å²) < 4.78 is 0. The van der Waals surface area contributed by atoms with Crippen molar-refractivity contribution in [2.24, 2.45) is 0 Å². The molecule has 1 aliphatic heterocycles. The summed E-state index contributed by atoms with van der Waals surface area (Å²) in [7, 11) is 0. The highest BCUT2D eigenvalue weighted by Gasteiger charge is 2.28. The minimum Gasteiger partial charge on any atom is -0.348 e. The number of nitrogens with zero attached hydrogens (tertiary/aromatic N) is 4. The molecule has 0 unspecified atom stereocenters. The Bertz CT molecular complexity index is 494. The first-order chi connectivity index (χ1) is 10.3. The summed E-state index contributed by atoms with van der Waals surface area (Å²) >= 11 is 0. The average Bonchev–Trinajstić information content (AvgIpc) is 2.56. The number of pyridine rings is 1. The van der Waals surface area contributed by atoms with Gasteiger partial charge in [-0.1, -0.05) is 19.3 Å². The molecule has 0 amide bonds. The molecule has 1 aromatic heterocycles. The van der Waals surface area contributed by atoms with Crippen molar-refractivity contribution in [2.75, 3.05) is 31.1 Å².